The summed E-state index contributed by atoms with van der Waals surface area (Å²) in [4.78, 5) is 9.12. The molecule has 1 aromatic heterocycles. The van der Waals surface area contributed by atoms with Crippen LogP contribution in [0, 0.1) is 5.82 Å². The molecule has 2 heterocycles. The van der Waals surface area contributed by atoms with Crippen LogP contribution >= 0.6 is 23.7 Å². The van der Waals surface area contributed by atoms with Gasteiger partial charge in [0.05, 0.1) is 4.70 Å². The lowest BCUT2D eigenvalue weighted by atomic mass is 10.3. The van der Waals surface area contributed by atoms with Crippen LogP contribution in [0.3, 0.4) is 0 Å². The third-order valence-corrected chi connectivity index (χ3v) is 4.53. The van der Waals surface area contributed by atoms with Gasteiger partial charge in [0.2, 0.25) is 0 Å². The number of aromatic nitrogens is 1. The van der Waals surface area contributed by atoms with E-state index in [9.17, 15) is 4.39 Å². The van der Waals surface area contributed by atoms with Crippen LogP contribution in [-0.4, -0.2) is 42.6 Å². The highest BCUT2D eigenvalue weighted by Gasteiger charge is 2.19. The van der Waals surface area contributed by atoms with E-state index in [1.165, 1.54) is 6.07 Å². The average Bonchev–Trinajstić information content (AvgIpc) is 2.84. The number of nitrogens with zero attached hydrogens (tertiary/aromatic N) is 3. The second-order valence-corrected chi connectivity index (χ2v) is 5.51. The second-order valence-electron chi connectivity index (χ2n) is 4.50. The van der Waals surface area contributed by atoms with E-state index in [0.29, 0.717) is 5.52 Å². The van der Waals surface area contributed by atoms with Crippen LogP contribution < -0.4 is 4.90 Å². The van der Waals surface area contributed by atoms with E-state index in [1.54, 1.807) is 17.4 Å². The molecule has 0 radical (unpaired) electrons. The lowest BCUT2D eigenvalue weighted by Gasteiger charge is -2.33. The summed E-state index contributed by atoms with van der Waals surface area (Å²) in [6, 6.07) is 5.15. The maximum Gasteiger partial charge on any atom is 0.186 e. The van der Waals surface area contributed by atoms with Crippen molar-refractivity contribution in [2.45, 2.75) is 6.92 Å². The standard InChI is InChI=1S/C13H16FN3S.ClH/c1-2-16-6-8-17(9-7-16)13-15-12-10(14)4-3-5-11(12)18-13;/h3-5H,2,6-9H2,1H3;1H. The summed E-state index contributed by atoms with van der Waals surface area (Å²) < 4.78 is 14.5. The summed E-state index contributed by atoms with van der Waals surface area (Å²) in [5.74, 6) is -0.220. The first-order valence-corrected chi connectivity index (χ1v) is 7.12. The third-order valence-electron chi connectivity index (χ3n) is 3.45. The molecule has 0 N–H and O–H groups in total. The van der Waals surface area contributed by atoms with Crippen LogP contribution in [0.2, 0.25) is 0 Å². The molecule has 0 spiro atoms. The number of piperazine rings is 1. The van der Waals surface area contributed by atoms with E-state index in [-0.39, 0.29) is 18.2 Å². The van der Waals surface area contributed by atoms with Crippen molar-refractivity contribution in [3.05, 3.63) is 24.0 Å². The van der Waals surface area contributed by atoms with Crippen LogP contribution in [0.5, 0.6) is 0 Å². The number of halogens is 2. The van der Waals surface area contributed by atoms with Gasteiger partial charge in [-0.25, -0.2) is 9.37 Å². The Kier molecular flexibility index (Phi) is 4.60. The van der Waals surface area contributed by atoms with Crippen molar-refractivity contribution in [1.82, 2.24) is 9.88 Å². The van der Waals surface area contributed by atoms with Crippen LogP contribution in [-0.2, 0) is 0 Å². The SMILES string of the molecule is CCN1CCN(c2nc3c(F)cccc3s2)CC1.Cl. The number of hydrogen-bond acceptors (Lipinski definition) is 4. The first kappa shape index (κ1) is 14.5. The molecule has 1 fully saturated rings. The zero-order valence-electron chi connectivity index (χ0n) is 10.8. The summed E-state index contributed by atoms with van der Waals surface area (Å²) in [7, 11) is 0. The Morgan fingerprint density at radius 1 is 1.26 bits per heavy atom. The van der Waals surface area contributed by atoms with E-state index in [0.717, 1.165) is 42.6 Å². The van der Waals surface area contributed by atoms with E-state index in [1.807, 2.05) is 6.07 Å². The number of benzene rings is 1. The number of fused-ring (bicyclic) bond motifs is 1. The Hall–Kier alpha value is -0.910. The highest BCUT2D eigenvalue weighted by Crippen LogP contribution is 2.30. The lowest BCUT2D eigenvalue weighted by Crippen LogP contribution is -2.46. The van der Waals surface area contributed by atoms with Gasteiger partial charge in [-0.2, -0.15) is 0 Å². The Bertz CT molecular complexity index is 552. The van der Waals surface area contributed by atoms with Crippen molar-refractivity contribution >= 4 is 39.1 Å². The molecular weight excluding hydrogens is 285 g/mol. The highest BCUT2D eigenvalue weighted by atomic mass is 35.5. The van der Waals surface area contributed by atoms with Crippen LogP contribution in [0.4, 0.5) is 9.52 Å². The molecule has 104 valence electrons. The molecule has 2 aromatic rings. The van der Waals surface area contributed by atoms with Crippen LogP contribution in [0.15, 0.2) is 18.2 Å². The number of anilines is 1. The maximum atomic E-state index is 13.6. The predicted octanol–water partition coefficient (Wildman–Crippen LogP) is 3.00. The summed E-state index contributed by atoms with van der Waals surface area (Å²) in [6.45, 7) is 7.37. The third kappa shape index (κ3) is 2.83. The molecular formula is C13H17ClFN3S. The van der Waals surface area contributed by atoms with Crippen molar-refractivity contribution < 1.29 is 4.39 Å². The molecule has 1 saturated heterocycles. The monoisotopic (exact) mass is 301 g/mol. The molecule has 3 nitrogen and oxygen atoms in total. The Morgan fingerprint density at radius 3 is 2.63 bits per heavy atom. The summed E-state index contributed by atoms with van der Waals surface area (Å²) in [5.41, 5.74) is 0.510. The number of hydrogen-bond donors (Lipinski definition) is 0. The van der Waals surface area contributed by atoms with Crippen molar-refractivity contribution in [2.75, 3.05) is 37.6 Å². The predicted molar refractivity (Wildman–Crippen MR) is 81.2 cm³/mol. The van der Waals surface area contributed by atoms with Gasteiger partial charge >= 0.3 is 0 Å². The minimum absolute atomic E-state index is 0. The topological polar surface area (TPSA) is 19.4 Å². The second kappa shape index (κ2) is 6.03. The lowest BCUT2D eigenvalue weighted by molar-refractivity contribution is 0.271. The number of thiazole rings is 1. The van der Waals surface area contributed by atoms with Gasteiger partial charge in [0.25, 0.3) is 0 Å². The normalized spacial score (nSPS) is 16.6. The van der Waals surface area contributed by atoms with Gasteiger partial charge in [-0.15, -0.1) is 12.4 Å². The van der Waals surface area contributed by atoms with Gasteiger partial charge in [0, 0.05) is 26.2 Å². The fraction of sp³-hybridized carbons (Fsp3) is 0.462. The van der Waals surface area contributed by atoms with Gasteiger partial charge in [-0.1, -0.05) is 24.3 Å². The minimum Gasteiger partial charge on any atom is -0.345 e. The van der Waals surface area contributed by atoms with Crippen LogP contribution in [0.25, 0.3) is 10.2 Å². The molecule has 3 rings (SSSR count). The summed E-state index contributed by atoms with van der Waals surface area (Å²) in [5, 5.41) is 0.950. The molecule has 1 aliphatic heterocycles. The Morgan fingerprint density at radius 2 is 2.00 bits per heavy atom. The van der Waals surface area contributed by atoms with Crippen molar-refractivity contribution in [3.8, 4) is 0 Å². The molecule has 1 aliphatic rings. The molecule has 19 heavy (non-hydrogen) atoms. The van der Waals surface area contributed by atoms with E-state index in [4.69, 9.17) is 0 Å². The first-order valence-electron chi connectivity index (χ1n) is 6.30. The van der Waals surface area contributed by atoms with E-state index < -0.39 is 0 Å². The summed E-state index contributed by atoms with van der Waals surface area (Å²) >= 11 is 1.58. The number of rotatable bonds is 2. The molecule has 0 atom stereocenters. The van der Waals surface area contributed by atoms with Gasteiger partial charge in [-0.05, 0) is 18.7 Å². The average molecular weight is 302 g/mol. The Balaban J connectivity index is 0.00000133. The fourth-order valence-electron chi connectivity index (χ4n) is 2.29. The molecule has 6 heteroatoms. The molecule has 1 aromatic carbocycles. The van der Waals surface area contributed by atoms with Crippen LogP contribution in [0.1, 0.15) is 6.92 Å². The largest absolute Gasteiger partial charge is 0.345 e. The molecule has 0 aliphatic carbocycles. The quantitative estimate of drug-likeness (QED) is 0.850. The summed E-state index contributed by atoms with van der Waals surface area (Å²) in [6.07, 6.45) is 0. The molecule has 0 amide bonds. The number of para-hydroxylation sites is 1. The molecule has 0 unspecified atom stereocenters. The maximum absolute atomic E-state index is 13.6. The zero-order valence-corrected chi connectivity index (χ0v) is 12.4. The van der Waals surface area contributed by atoms with Crippen molar-refractivity contribution in [2.24, 2.45) is 0 Å². The molecule has 0 saturated carbocycles. The molecule has 0 bridgehead atoms. The van der Waals surface area contributed by atoms with E-state index >= 15 is 0 Å². The fourth-order valence-corrected chi connectivity index (χ4v) is 3.33. The van der Waals surface area contributed by atoms with Crippen molar-refractivity contribution in [1.29, 1.82) is 0 Å². The van der Waals surface area contributed by atoms with Gasteiger partial charge in [-0.3, -0.25) is 0 Å². The smallest absolute Gasteiger partial charge is 0.186 e. The number of likely N-dealkylation sites (N-methyl/N-ethyl adjacent to an activating group) is 1. The highest BCUT2D eigenvalue weighted by molar-refractivity contribution is 7.22. The van der Waals surface area contributed by atoms with Gasteiger partial charge < -0.3 is 9.80 Å². The van der Waals surface area contributed by atoms with Gasteiger partial charge in [0.15, 0.2) is 5.13 Å². The minimum atomic E-state index is -0.220. The van der Waals surface area contributed by atoms with Crippen molar-refractivity contribution in [3.63, 3.8) is 0 Å². The first-order chi connectivity index (χ1) is 8.78. The zero-order chi connectivity index (χ0) is 12.5. The van der Waals surface area contributed by atoms with E-state index in [2.05, 4.69) is 21.7 Å². The Labute approximate surface area is 122 Å². The van der Waals surface area contributed by atoms with Gasteiger partial charge in [0.1, 0.15) is 11.3 Å².